The first kappa shape index (κ1) is 28.7. The lowest BCUT2D eigenvalue weighted by molar-refractivity contribution is -0.143. The second kappa shape index (κ2) is 13.6. The molecule has 0 aliphatic carbocycles. The molecule has 196 valence electrons. The van der Waals surface area contributed by atoms with Crippen LogP contribution >= 0.6 is 27.5 Å². The number of carbonyl (C=O) groups excluding carboxylic acids is 2. The summed E-state index contributed by atoms with van der Waals surface area (Å²) >= 11 is 9.66. The molecule has 3 aromatic carbocycles. The number of nitrogens with one attached hydrogen (secondary N) is 1. The van der Waals surface area contributed by atoms with Gasteiger partial charge in [0.05, 0.1) is 0 Å². The zero-order chi connectivity index (χ0) is 26.9. The van der Waals surface area contributed by atoms with E-state index in [0.29, 0.717) is 17.2 Å². The highest BCUT2D eigenvalue weighted by Gasteiger charge is 2.31. The molecule has 3 rings (SSSR count). The number of ether oxygens (including phenoxy) is 1. The van der Waals surface area contributed by atoms with Gasteiger partial charge in [0.25, 0.3) is 5.91 Å². The smallest absolute Gasteiger partial charge is 0.261 e. The topological polar surface area (TPSA) is 58.6 Å². The zero-order valence-electron chi connectivity index (χ0n) is 21.8. The maximum atomic E-state index is 13.7. The van der Waals surface area contributed by atoms with Crippen LogP contribution in [0.4, 0.5) is 0 Å². The lowest BCUT2D eigenvalue weighted by Gasteiger charge is -2.32. The van der Waals surface area contributed by atoms with Crippen molar-refractivity contribution in [2.24, 2.45) is 0 Å². The molecule has 37 heavy (non-hydrogen) atoms. The van der Waals surface area contributed by atoms with Gasteiger partial charge in [0.1, 0.15) is 11.8 Å². The summed E-state index contributed by atoms with van der Waals surface area (Å²) in [5, 5.41) is 3.69. The molecule has 0 saturated carbocycles. The summed E-state index contributed by atoms with van der Waals surface area (Å²) in [6.07, 6.45) is 1.18. The van der Waals surface area contributed by atoms with E-state index < -0.39 is 6.04 Å². The van der Waals surface area contributed by atoms with Gasteiger partial charge in [-0.1, -0.05) is 76.9 Å². The van der Waals surface area contributed by atoms with Crippen molar-refractivity contribution in [3.63, 3.8) is 0 Å². The van der Waals surface area contributed by atoms with Crippen molar-refractivity contribution in [1.82, 2.24) is 10.2 Å². The molecule has 2 amide bonds. The van der Waals surface area contributed by atoms with Crippen LogP contribution in [0.3, 0.4) is 0 Å². The van der Waals surface area contributed by atoms with Gasteiger partial charge in [0.15, 0.2) is 6.61 Å². The van der Waals surface area contributed by atoms with Crippen molar-refractivity contribution in [2.45, 2.75) is 59.2 Å². The Kier molecular flexibility index (Phi) is 10.6. The van der Waals surface area contributed by atoms with Crippen LogP contribution < -0.4 is 10.1 Å². The molecule has 0 saturated heterocycles. The van der Waals surface area contributed by atoms with E-state index in [2.05, 4.69) is 21.2 Å². The van der Waals surface area contributed by atoms with E-state index in [1.54, 1.807) is 17.0 Å². The van der Waals surface area contributed by atoms with Crippen molar-refractivity contribution < 1.29 is 14.3 Å². The van der Waals surface area contributed by atoms with Gasteiger partial charge in [0, 0.05) is 28.5 Å². The van der Waals surface area contributed by atoms with Gasteiger partial charge >= 0.3 is 0 Å². The highest BCUT2D eigenvalue weighted by Crippen LogP contribution is 2.26. The van der Waals surface area contributed by atoms with Crippen LogP contribution in [0.2, 0.25) is 5.02 Å². The van der Waals surface area contributed by atoms with E-state index in [9.17, 15) is 9.59 Å². The van der Waals surface area contributed by atoms with Gasteiger partial charge in [-0.15, -0.1) is 0 Å². The molecule has 0 aliphatic rings. The number of benzene rings is 3. The van der Waals surface area contributed by atoms with Crippen molar-refractivity contribution in [1.29, 1.82) is 0 Å². The van der Waals surface area contributed by atoms with Gasteiger partial charge in [0.2, 0.25) is 5.91 Å². The number of hydrogen-bond donors (Lipinski definition) is 1. The monoisotopic (exact) mass is 584 g/mol. The number of rotatable bonds is 11. The average molecular weight is 586 g/mol. The largest absolute Gasteiger partial charge is 0.484 e. The standard InChI is InChI=1S/C30H34BrClN2O3/c1-5-22(4)33-30(36)27(17-23-9-7-6-8-10-23)34(18-24-11-13-25(32)14-12-24)28(35)19-37-26-15-20(2)29(31)21(3)16-26/h6-16,22,27H,5,17-19H2,1-4H3,(H,33,36)/t22-,27+/m0/s1. The first-order valence-electron chi connectivity index (χ1n) is 12.5. The maximum absolute atomic E-state index is 13.7. The number of halogens is 2. The Balaban J connectivity index is 1.92. The van der Waals surface area contributed by atoms with Gasteiger partial charge < -0.3 is 15.0 Å². The van der Waals surface area contributed by atoms with E-state index in [1.165, 1.54) is 0 Å². The maximum Gasteiger partial charge on any atom is 0.261 e. The van der Waals surface area contributed by atoms with Gasteiger partial charge in [-0.2, -0.15) is 0 Å². The summed E-state index contributed by atoms with van der Waals surface area (Å²) in [6, 6.07) is 20.1. The lowest BCUT2D eigenvalue weighted by atomic mass is 10.0. The summed E-state index contributed by atoms with van der Waals surface area (Å²) in [4.78, 5) is 28.9. The third-order valence-corrected chi connectivity index (χ3v) is 7.81. The Hall–Kier alpha value is -2.83. The quantitative estimate of drug-likeness (QED) is 0.274. The summed E-state index contributed by atoms with van der Waals surface area (Å²) in [5.74, 6) is 0.158. The average Bonchev–Trinajstić information content (AvgIpc) is 2.89. The highest BCUT2D eigenvalue weighted by molar-refractivity contribution is 9.10. The molecule has 3 aromatic rings. The predicted octanol–water partition coefficient (Wildman–Crippen LogP) is 6.65. The molecule has 5 nitrogen and oxygen atoms in total. The second-order valence-corrected chi connectivity index (χ2v) is 10.6. The van der Waals surface area contributed by atoms with E-state index in [1.807, 2.05) is 82.3 Å². The van der Waals surface area contributed by atoms with Crippen LogP contribution in [0, 0.1) is 13.8 Å². The van der Waals surface area contributed by atoms with E-state index in [-0.39, 0.29) is 31.0 Å². The molecule has 0 bridgehead atoms. The minimum Gasteiger partial charge on any atom is -0.484 e. The minimum absolute atomic E-state index is 0.0109. The van der Waals surface area contributed by atoms with Crippen molar-refractivity contribution in [3.8, 4) is 5.75 Å². The molecule has 0 spiro atoms. The van der Waals surface area contributed by atoms with E-state index in [0.717, 1.165) is 33.1 Å². The van der Waals surface area contributed by atoms with E-state index >= 15 is 0 Å². The van der Waals surface area contributed by atoms with Crippen LogP contribution in [-0.2, 0) is 22.6 Å². The first-order valence-corrected chi connectivity index (χ1v) is 13.6. The molecule has 0 aliphatic heterocycles. The Morgan fingerprint density at radius 1 is 1.00 bits per heavy atom. The number of hydrogen-bond acceptors (Lipinski definition) is 3. The summed E-state index contributed by atoms with van der Waals surface area (Å²) in [6.45, 7) is 8.01. The molecule has 0 aromatic heterocycles. The molecular weight excluding hydrogens is 552 g/mol. The summed E-state index contributed by atoms with van der Waals surface area (Å²) in [7, 11) is 0. The molecule has 2 atom stereocenters. The Morgan fingerprint density at radius 3 is 2.22 bits per heavy atom. The summed E-state index contributed by atoms with van der Waals surface area (Å²) in [5.41, 5.74) is 3.90. The Labute approximate surface area is 233 Å². The molecule has 0 heterocycles. The van der Waals surface area contributed by atoms with Crippen LogP contribution in [0.5, 0.6) is 5.75 Å². The Morgan fingerprint density at radius 2 is 1.62 bits per heavy atom. The number of aryl methyl sites for hydroxylation is 2. The van der Waals surface area contributed by atoms with Crippen LogP contribution in [0.15, 0.2) is 71.2 Å². The normalized spacial score (nSPS) is 12.5. The summed E-state index contributed by atoms with van der Waals surface area (Å²) < 4.78 is 6.95. The van der Waals surface area contributed by atoms with Crippen LogP contribution in [0.25, 0.3) is 0 Å². The number of amides is 2. The Bertz CT molecular complexity index is 1180. The SMILES string of the molecule is CC[C@H](C)NC(=O)[C@@H](Cc1ccccc1)N(Cc1ccc(Cl)cc1)C(=O)COc1cc(C)c(Br)c(C)c1. The fourth-order valence-electron chi connectivity index (χ4n) is 4.00. The van der Waals surface area contributed by atoms with Crippen LogP contribution in [0.1, 0.15) is 42.5 Å². The molecule has 0 fully saturated rings. The molecule has 1 N–H and O–H groups in total. The third kappa shape index (κ3) is 8.34. The van der Waals surface area contributed by atoms with Crippen molar-refractivity contribution in [2.75, 3.05) is 6.61 Å². The fourth-order valence-corrected chi connectivity index (χ4v) is 4.35. The third-order valence-electron chi connectivity index (χ3n) is 6.31. The second-order valence-electron chi connectivity index (χ2n) is 9.33. The minimum atomic E-state index is -0.712. The molecule has 0 unspecified atom stereocenters. The lowest BCUT2D eigenvalue weighted by Crippen LogP contribution is -2.53. The molecule has 7 heteroatoms. The van der Waals surface area contributed by atoms with Gasteiger partial charge in [-0.05, 0) is 73.7 Å². The highest BCUT2D eigenvalue weighted by atomic mass is 79.9. The van der Waals surface area contributed by atoms with Gasteiger partial charge in [-0.3, -0.25) is 9.59 Å². The van der Waals surface area contributed by atoms with E-state index in [4.69, 9.17) is 16.3 Å². The first-order chi connectivity index (χ1) is 17.7. The number of carbonyl (C=O) groups is 2. The number of nitrogens with zero attached hydrogens (tertiary/aromatic N) is 1. The zero-order valence-corrected chi connectivity index (χ0v) is 24.1. The van der Waals surface area contributed by atoms with Crippen molar-refractivity contribution >= 4 is 39.3 Å². The molecule has 0 radical (unpaired) electrons. The van der Waals surface area contributed by atoms with Crippen molar-refractivity contribution in [3.05, 3.63) is 98.5 Å². The molecular formula is C30H34BrClN2O3. The van der Waals surface area contributed by atoms with Gasteiger partial charge in [-0.25, -0.2) is 0 Å². The fraction of sp³-hybridized carbons (Fsp3) is 0.333. The predicted molar refractivity (Wildman–Crippen MR) is 153 cm³/mol. The van der Waals surface area contributed by atoms with Crippen LogP contribution in [-0.4, -0.2) is 35.4 Å².